The number of hydrogen-bond donors (Lipinski definition) is 1. The van der Waals surface area contributed by atoms with Gasteiger partial charge in [0, 0.05) is 25.0 Å². The van der Waals surface area contributed by atoms with E-state index in [1.54, 1.807) is 0 Å². The van der Waals surface area contributed by atoms with Crippen molar-refractivity contribution in [2.45, 2.75) is 44.8 Å². The molecule has 5 heteroatoms. The van der Waals surface area contributed by atoms with Crippen LogP contribution in [0.3, 0.4) is 0 Å². The summed E-state index contributed by atoms with van der Waals surface area (Å²) in [5.74, 6) is 1.65. The highest BCUT2D eigenvalue weighted by Crippen LogP contribution is 2.42. The topological polar surface area (TPSA) is 47.7 Å². The third kappa shape index (κ3) is 2.91. The molecule has 2 aliphatic rings. The van der Waals surface area contributed by atoms with Crippen LogP contribution in [0.2, 0.25) is 0 Å². The zero-order chi connectivity index (χ0) is 15.0. The van der Waals surface area contributed by atoms with Gasteiger partial charge in [-0.25, -0.2) is 0 Å². The first-order valence-corrected chi connectivity index (χ1v) is 8.47. The highest BCUT2D eigenvalue weighted by Gasteiger charge is 2.35. The number of nitrogens with zero attached hydrogens (tertiary/aromatic N) is 1. The van der Waals surface area contributed by atoms with E-state index in [4.69, 9.17) is 15.2 Å². The van der Waals surface area contributed by atoms with Crippen LogP contribution < -0.4 is 15.2 Å². The average Bonchev–Trinajstić information content (AvgIpc) is 2.67. The zero-order valence-electron chi connectivity index (χ0n) is 12.6. The van der Waals surface area contributed by atoms with Crippen molar-refractivity contribution in [3.8, 4) is 11.5 Å². The van der Waals surface area contributed by atoms with Crippen molar-refractivity contribution in [2.75, 3.05) is 19.8 Å². The Balaban J connectivity index is 1.98. The van der Waals surface area contributed by atoms with E-state index in [-0.39, 0.29) is 12.1 Å². The van der Waals surface area contributed by atoms with E-state index in [2.05, 4.69) is 46.8 Å². The van der Waals surface area contributed by atoms with Crippen molar-refractivity contribution < 1.29 is 9.47 Å². The summed E-state index contributed by atoms with van der Waals surface area (Å²) in [6.07, 6.45) is 1.95. The molecule has 1 saturated heterocycles. The van der Waals surface area contributed by atoms with E-state index >= 15 is 0 Å². The highest BCUT2D eigenvalue weighted by molar-refractivity contribution is 9.10. The summed E-state index contributed by atoms with van der Waals surface area (Å²) in [7, 11) is 0. The Bertz CT molecular complexity index is 521. The minimum atomic E-state index is 0.170. The molecule has 0 aliphatic carbocycles. The second kappa shape index (κ2) is 6.15. The first-order chi connectivity index (χ1) is 10.1. The Morgan fingerprint density at radius 3 is 2.81 bits per heavy atom. The van der Waals surface area contributed by atoms with E-state index < -0.39 is 0 Å². The Kier molecular flexibility index (Phi) is 4.43. The van der Waals surface area contributed by atoms with Crippen molar-refractivity contribution in [3.05, 3.63) is 22.2 Å². The standard InChI is InChI=1S/C16H23BrN2O2/c1-10(2)19-5-4-13(18)15(19)11-8-12(17)16-14(9-11)20-6-3-7-21-16/h8-10,13,15H,3-7,18H2,1-2H3. The predicted molar refractivity (Wildman–Crippen MR) is 86.9 cm³/mol. The van der Waals surface area contributed by atoms with Gasteiger partial charge in [0.1, 0.15) is 0 Å². The summed E-state index contributed by atoms with van der Waals surface area (Å²) >= 11 is 3.63. The van der Waals surface area contributed by atoms with Crippen LogP contribution >= 0.6 is 15.9 Å². The smallest absolute Gasteiger partial charge is 0.175 e. The van der Waals surface area contributed by atoms with Gasteiger partial charge in [-0.05, 0) is 53.9 Å². The van der Waals surface area contributed by atoms with Crippen LogP contribution in [0.15, 0.2) is 16.6 Å². The molecule has 1 aromatic carbocycles. The Labute approximate surface area is 134 Å². The van der Waals surface area contributed by atoms with Crippen LogP contribution in [0.5, 0.6) is 11.5 Å². The van der Waals surface area contributed by atoms with Crippen LogP contribution in [-0.4, -0.2) is 36.7 Å². The van der Waals surface area contributed by atoms with Gasteiger partial charge in [-0.3, -0.25) is 4.90 Å². The normalized spacial score (nSPS) is 26.1. The molecule has 2 heterocycles. The number of hydrogen-bond acceptors (Lipinski definition) is 4. The quantitative estimate of drug-likeness (QED) is 0.886. The SMILES string of the molecule is CC(C)N1CCC(N)C1c1cc(Br)c2c(c1)OCCCO2. The molecule has 1 aromatic rings. The minimum Gasteiger partial charge on any atom is -0.490 e. The maximum Gasteiger partial charge on any atom is 0.175 e. The molecule has 2 unspecified atom stereocenters. The number of fused-ring (bicyclic) bond motifs is 1. The third-order valence-corrected chi connectivity index (χ3v) is 4.90. The summed E-state index contributed by atoms with van der Waals surface area (Å²) < 4.78 is 12.6. The van der Waals surface area contributed by atoms with Crippen molar-refractivity contribution in [3.63, 3.8) is 0 Å². The molecule has 4 nitrogen and oxygen atoms in total. The van der Waals surface area contributed by atoms with Crippen LogP contribution in [-0.2, 0) is 0 Å². The third-order valence-electron chi connectivity index (χ3n) is 4.31. The molecule has 0 aromatic heterocycles. The van der Waals surface area contributed by atoms with Gasteiger partial charge in [0.15, 0.2) is 11.5 Å². The molecule has 1 fully saturated rings. The van der Waals surface area contributed by atoms with Gasteiger partial charge in [0.2, 0.25) is 0 Å². The maximum atomic E-state index is 6.37. The second-order valence-electron chi connectivity index (χ2n) is 6.11. The number of benzene rings is 1. The lowest BCUT2D eigenvalue weighted by molar-refractivity contribution is 0.197. The Morgan fingerprint density at radius 2 is 2.05 bits per heavy atom. The maximum absolute atomic E-state index is 6.37. The number of nitrogens with two attached hydrogens (primary N) is 1. The minimum absolute atomic E-state index is 0.170. The van der Waals surface area contributed by atoms with Gasteiger partial charge in [0.25, 0.3) is 0 Å². The number of ether oxygens (including phenoxy) is 2. The van der Waals surface area contributed by atoms with E-state index in [1.165, 1.54) is 5.56 Å². The van der Waals surface area contributed by atoms with E-state index in [0.717, 1.165) is 35.4 Å². The van der Waals surface area contributed by atoms with E-state index in [1.807, 2.05) is 0 Å². The van der Waals surface area contributed by atoms with Crippen LogP contribution in [0.1, 0.15) is 38.3 Å². The van der Waals surface area contributed by atoms with Gasteiger partial charge in [-0.15, -0.1) is 0 Å². The fraction of sp³-hybridized carbons (Fsp3) is 0.625. The van der Waals surface area contributed by atoms with Gasteiger partial charge < -0.3 is 15.2 Å². The first kappa shape index (κ1) is 15.1. The first-order valence-electron chi connectivity index (χ1n) is 7.68. The molecular formula is C16H23BrN2O2. The number of likely N-dealkylation sites (tertiary alicyclic amines) is 1. The zero-order valence-corrected chi connectivity index (χ0v) is 14.2. The molecule has 0 saturated carbocycles. The molecule has 0 bridgehead atoms. The second-order valence-corrected chi connectivity index (χ2v) is 6.96. The van der Waals surface area contributed by atoms with Gasteiger partial charge in [-0.1, -0.05) is 0 Å². The molecular weight excluding hydrogens is 332 g/mol. The molecule has 2 N–H and O–H groups in total. The van der Waals surface area contributed by atoms with E-state index in [0.29, 0.717) is 19.3 Å². The number of rotatable bonds is 2. The lowest BCUT2D eigenvalue weighted by Crippen LogP contribution is -2.35. The van der Waals surface area contributed by atoms with Crippen LogP contribution in [0, 0.1) is 0 Å². The molecule has 2 atom stereocenters. The van der Waals surface area contributed by atoms with Crippen molar-refractivity contribution in [1.29, 1.82) is 0 Å². The molecule has 116 valence electrons. The van der Waals surface area contributed by atoms with Gasteiger partial charge >= 0.3 is 0 Å². The lowest BCUT2D eigenvalue weighted by atomic mass is 9.99. The van der Waals surface area contributed by atoms with Crippen LogP contribution in [0.25, 0.3) is 0 Å². The number of halogens is 1. The molecule has 2 aliphatic heterocycles. The Hall–Kier alpha value is -0.780. The largest absolute Gasteiger partial charge is 0.490 e. The fourth-order valence-corrected chi connectivity index (χ4v) is 3.85. The highest BCUT2D eigenvalue weighted by atomic mass is 79.9. The lowest BCUT2D eigenvalue weighted by Gasteiger charge is -2.31. The van der Waals surface area contributed by atoms with Crippen LogP contribution in [0.4, 0.5) is 0 Å². The Morgan fingerprint density at radius 1 is 1.29 bits per heavy atom. The summed E-state index contributed by atoms with van der Waals surface area (Å²) in [6, 6.07) is 5.15. The molecule has 0 radical (unpaired) electrons. The summed E-state index contributed by atoms with van der Waals surface area (Å²) in [6.45, 7) is 6.90. The molecule has 0 amide bonds. The molecule has 3 rings (SSSR count). The monoisotopic (exact) mass is 354 g/mol. The summed E-state index contributed by atoms with van der Waals surface area (Å²) in [4.78, 5) is 2.47. The van der Waals surface area contributed by atoms with Gasteiger partial charge in [-0.2, -0.15) is 0 Å². The fourth-order valence-electron chi connectivity index (χ4n) is 3.28. The average molecular weight is 355 g/mol. The van der Waals surface area contributed by atoms with Crippen molar-refractivity contribution in [2.24, 2.45) is 5.73 Å². The predicted octanol–water partition coefficient (Wildman–Crippen LogP) is 3.09. The van der Waals surface area contributed by atoms with Crippen molar-refractivity contribution >= 4 is 15.9 Å². The summed E-state index contributed by atoms with van der Waals surface area (Å²) in [5, 5.41) is 0. The van der Waals surface area contributed by atoms with Gasteiger partial charge in [0.05, 0.1) is 23.7 Å². The summed E-state index contributed by atoms with van der Waals surface area (Å²) in [5.41, 5.74) is 7.58. The molecule has 21 heavy (non-hydrogen) atoms. The van der Waals surface area contributed by atoms with Crippen molar-refractivity contribution in [1.82, 2.24) is 4.90 Å². The van der Waals surface area contributed by atoms with E-state index in [9.17, 15) is 0 Å². The molecule has 0 spiro atoms.